The lowest BCUT2D eigenvalue weighted by Gasteiger charge is -2.32. The van der Waals surface area contributed by atoms with Crippen molar-refractivity contribution in [1.82, 2.24) is 24.6 Å². The van der Waals surface area contributed by atoms with Crippen LogP contribution in [0.3, 0.4) is 0 Å². The zero-order valence-electron chi connectivity index (χ0n) is 21.1. The number of hydrogen-bond acceptors (Lipinski definition) is 6. The summed E-state index contributed by atoms with van der Waals surface area (Å²) in [6.45, 7) is 9.75. The van der Waals surface area contributed by atoms with E-state index in [1.165, 1.54) is 0 Å². The lowest BCUT2D eigenvalue weighted by atomic mass is 10.1. The van der Waals surface area contributed by atoms with Crippen LogP contribution < -0.4 is 4.74 Å². The smallest absolute Gasteiger partial charge is 0.140 e. The molecule has 0 unspecified atom stereocenters. The summed E-state index contributed by atoms with van der Waals surface area (Å²) in [5.74, 6) is 2.53. The first-order valence-corrected chi connectivity index (χ1v) is 13.3. The molecule has 0 radical (unpaired) electrons. The molecule has 0 spiro atoms. The second kappa shape index (κ2) is 11.1. The fourth-order valence-corrected chi connectivity index (χ4v) is 6.09. The second-order valence-corrected chi connectivity index (χ2v) is 10.5. The zero-order chi connectivity index (χ0) is 25.2. The molecule has 1 aromatic heterocycles. The van der Waals surface area contributed by atoms with Crippen LogP contribution in [0.15, 0.2) is 36.4 Å². The standard InChI is InChI=1S/C27H33Cl2N5O2/c1-18-30-31-19(2)34(18)21-5-7-22(8-6-21)36-27-24-15-20(28)16-25(29)23(24)17-26(27)33-10-4-9-32(11-12-33)13-14-35-3/h5-8,15-16,26-27H,4,9-14,17H2,1-3H3/t26-,27+/m0/s1. The van der Waals surface area contributed by atoms with Gasteiger partial charge in [-0.2, -0.15) is 0 Å². The highest BCUT2D eigenvalue weighted by Gasteiger charge is 2.40. The number of nitrogens with zero attached hydrogens (tertiary/aromatic N) is 5. The zero-order valence-corrected chi connectivity index (χ0v) is 22.6. The van der Waals surface area contributed by atoms with Crippen LogP contribution in [0.5, 0.6) is 5.75 Å². The summed E-state index contributed by atoms with van der Waals surface area (Å²) in [5.41, 5.74) is 3.25. The molecule has 0 saturated carbocycles. The number of ether oxygens (including phenoxy) is 2. The van der Waals surface area contributed by atoms with E-state index < -0.39 is 0 Å². The van der Waals surface area contributed by atoms with Crippen molar-refractivity contribution in [2.75, 3.05) is 46.4 Å². The topological polar surface area (TPSA) is 55.7 Å². The van der Waals surface area contributed by atoms with Crippen molar-refractivity contribution in [3.63, 3.8) is 0 Å². The van der Waals surface area contributed by atoms with Gasteiger partial charge in [0.25, 0.3) is 0 Å². The molecule has 0 N–H and O–H groups in total. The van der Waals surface area contributed by atoms with E-state index >= 15 is 0 Å². The minimum atomic E-state index is -0.147. The molecule has 9 heteroatoms. The van der Waals surface area contributed by atoms with E-state index in [1.807, 2.05) is 54.8 Å². The van der Waals surface area contributed by atoms with Crippen LogP contribution in [0.2, 0.25) is 10.0 Å². The monoisotopic (exact) mass is 529 g/mol. The van der Waals surface area contributed by atoms with E-state index in [0.29, 0.717) is 5.02 Å². The Kier molecular flexibility index (Phi) is 7.84. The summed E-state index contributed by atoms with van der Waals surface area (Å²) in [7, 11) is 1.76. The Morgan fingerprint density at radius 3 is 2.44 bits per heavy atom. The first kappa shape index (κ1) is 25.5. The molecule has 2 aliphatic rings. The number of fused-ring (bicyclic) bond motifs is 1. The van der Waals surface area contributed by atoms with E-state index in [9.17, 15) is 0 Å². The van der Waals surface area contributed by atoms with Gasteiger partial charge in [0.15, 0.2) is 0 Å². The highest BCUT2D eigenvalue weighted by atomic mass is 35.5. The average molecular weight is 531 g/mol. The Morgan fingerprint density at radius 2 is 1.72 bits per heavy atom. The summed E-state index contributed by atoms with van der Waals surface area (Å²) >= 11 is 13.1. The molecular formula is C27H33Cl2N5O2. The van der Waals surface area contributed by atoms with E-state index in [4.69, 9.17) is 32.7 Å². The van der Waals surface area contributed by atoms with Crippen molar-refractivity contribution in [1.29, 1.82) is 0 Å². The molecule has 192 valence electrons. The Balaban J connectivity index is 1.39. The van der Waals surface area contributed by atoms with E-state index in [0.717, 1.165) is 91.4 Å². The number of halogens is 2. The maximum atomic E-state index is 6.71. The number of benzene rings is 2. The number of methoxy groups -OCH3 is 1. The highest BCUT2D eigenvalue weighted by Crippen LogP contribution is 2.43. The SMILES string of the molecule is COCCN1CCCN([C@H]2Cc3c(Cl)cc(Cl)cc3[C@H]2Oc2ccc(-n3c(C)nnc3C)cc2)CC1. The van der Waals surface area contributed by atoms with Crippen molar-refractivity contribution in [2.24, 2.45) is 0 Å². The largest absolute Gasteiger partial charge is 0.484 e. The quantitative estimate of drug-likeness (QED) is 0.434. The first-order chi connectivity index (χ1) is 17.4. The summed E-state index contributed by atoms with van der Waals surface area (Å²) in [5, 5.41) is 9.71. The Bertz CT molecular complexity index is 1180. The Hall–Kier alpha value is -2.16. The summed E-state index contributed by atoms with van der Waals surface area (Å²) in [6, 6.07) is 12.2. The lowest BCUT2D eigenvalue weighted by molar-refractivity contribution is 0.0787. The predicted molar refractivity (Wildman–Crippen MR) is 143 cm³/mol. The first-order valence-electron chi connectivity index (χ1n) is 12.5. The van der Waals surface area contributed by atoms with Crippen LogP contribution in [0.1, 0.15) is 35.3 Å². The molecular weight excluding hydrogens is 497 g/mol. The maximum absolute atomic E-state index is 6.71. The number of hydrogen-bond donors (Lipinski definition) is 0. The normalized spacial score (nSPS) is 20.9. The third-order valence-electron chi connectivity index (χ3n) is 7.31. The molecule has 2 heterocycles. The van der Waals surface area contributed by atoms with Gasteiger partial charge in [-0.15, -0.1) is 10.2 Å². The van der Waals surface area contributed by atoms with Gasteiger partial charge in [0.1, 0.15) is 23.5 Å². The number of aryl methyl sites for hydroxylation is 2. The van der Waals surface area contributed by atoms with Crippen LogP contribution >= 0.6 is 23.2 Å². The molecule has 0 bridgehead atoms. The van der Waals surface area contributed by atoms with Gasteiger partial charge in [0, 0.05) is 48.0 Å². The Labute approximate surface area is 222 Å². The van der Waals surface area contributed by atoms with Crippen molar-refractivity contribution >= 4 is 23.2 Å². The molecule has 0 amide bonds. The van der Waals surface area contributed by atoms with Crippen molar-refractivity contribution in [3.8, 4) is 11.4 Å². The fraction of sp³-hybridized carbons (Fsp3) is 0.481. The predicted octanol–water partition coefficient (Wildman–Crippen LogP) is 4.89. The molecule has 7 nitrogen and oxygen atoms in total. The molecule has 2 aromatic carbocycles. The van der Waals surface area contributed by atoms with Crippen molar-refractivity contribution in [3.05, 3.63) is 69.2 Å². The van der Waals surface area contributed by atoms with E-state index in [1.54, 1.807) is 7.11 Å². The third kappa shape index (κ3) is 5.27. The third-order valence-corrected chi connectivity index (χ3v) is 7.87. The van der Waals surface area contributed by atoms with Gasteiger partial charge in [-0.1, -0.05) is 23.2 Å². The minimum absolute atomic E-state index is 0.147. The summed E-state index contributed by atoms with van der Waals surface area (Å²) in [6.07, 6.45) is 1.82. The van der Waals surface area contributed by atoms with Gasteiger partial charge in [-0.3, -0.25) is 14.4 Å². The van der Waals surface area contributed by atoms with Crippen molar-refractivity contribution in [2.45, 2.75) is 38.8 Å². The van der Waals surface area contributed by atoms with Gasteiger partial charge < -0.3 is 9.47 Å². The molecule has 1 aliphatic heterocycles. The average Bonchev–Trinajstić information content (AvgIpc) is 3.28. The van der Waals surface area contributed by atoms with Crippen LogP contribution in [-0.2, 0) is 11.2 Å². The molecule has 3 aromatic rings. The second-order valence-electron chi connectivity index (χ2n) is 9.61. The lowest BCUT2D eigenvalue weighted by Crippen LogP contribution is -2.42. The molecule has 1 aliphatic carbocycles. The van der Waals surface area contributed by atoms with E-state index in [-0.39, 0.29) is 12.1 Å². The number of rotatable bonds is 7. The summed E-state index contributed by atoms with van der Waals surface area (Å²) in [4.78, 5) is 5.05. The van der Waals surface area contributed by atoms with Gasteiger partial charge in [0.2, 0.25) is 0 Å². The molecule has 1 fully saturated rings. The summed E-state index contributed by atoms with van der Waals surface area (Å²) < 4.78 is 14.0. The van der Waals surface area contributed by atoms with E-state index in [2.05, 4.69) is 20.0 Å². The Morgan fingerprint density at radius 1 is 0.972 bits per heavy atom. The minimum Gasteiger partial charge on any atom is -0.484 e. The molecule has 36 heavy (non-hydrogen) atoms. The van der Waals surface area contributed by atoms with Crippen LogP contribution in [0, 0.1) is 13.8 Å². The molecule has 1 saturated heterocycles. The fourth-order valence-electron chi connectivity index (χ4n) is 5.51. The van der Waals surface area contributed by atoms with Crippen LogP contribution in [-0.4, -0.2) is 77.0 Å². The van der Waals surface area contributed by atoms with Gasteiger partial charge in [0.05, 0.1) is 12.6 Å². The molecule has 2 atom stereocenters. The highest BCUT2D eigenvalue weighted by molar-refractivity contribution is 6.35. The van der Waals surface area contributed by atoms with Gasteiger partial charge in [-0.05, 0) is 81.7 Å². The van der Waals surface area contributed by atoms with Crippen LogP contribution in [0.25, 0.3) is 5.69 Å². The van der Waals surface area contributed by atoms with Gasteiger partial charge in [-0.25, -0.2) is 0 Å². The maximum Gasteiger partial charge on any atom is 0.140 e. The van der Waals surface area contributed by atoms with Crippen LogP contribution in [0.4, 0.5) is 0 Å². The molecule has 5 rings (SSSR count). The number of aromatic nitrogens is 3. The van der Waals surface area contributed by atoms with Crippen molar-refractivity contribution < 1.29 is 9.47 Å². The van der Waals surface area contributed by atoms with Gasteiger partial charge >= 0.3 is 0 Å².